The summed E-state index contributed by atoms with van der Waals surface area (Å²) < 4.78 is 1.45. The van der Waals surface area contributed by atoms with Gasteiger partial charge in [-0.05, 0) is 30.7 Å². The molecule has 6 nitrogen and oxygen atoms in total. The van der Waals surface area contributed by atoms with E-state index in [1.165, 1.54) is 10.8 Å². The molecule has 118 valence electrons. The Morgan fingerprint density at radius 2 is 2.09 bits per heavy atom. The molecule has 0 spiro atoms. The summed E-state index contributed by atoms with van der Waals surface area (Å²) in [7, 11) is 0. The standard InChI is InChI=1S/C16H16ClN5O/c1-2-11(18)15-21-12-5-3-4-10(17)14(12)16(23)22(15)9-6-7-13(19)20-8-9/h3-8,11H,2,18H2,1H3,(H2,19,20). The average Bonchev–Trinajstić information content (AvgIpc) is 2.55. The molecule has 0 saturated carbocycles. The first-order chi connectivity index (χ1) is 11.0. The van der Waals surface area contributed by atoms with Gasteiger partial charge < -0.3 is 11.5 Å². The maximum Gasteiger partial charge on any atom is 0.267 e. The molecule has 2 heterocycles. The lowest BCUT2D eigenvalue weighted by Gasteiger charge is -2.17. The SMILES string of the molecule is CCC(N)c1nc2cccc(Cl)c2c(=O)n1-c1ccc(N)nc1. The van der Waals surface area contributed by atoms with E-state index >= 15 is 0 Å². The van der Waals surface area contributed by atoms with E-state index in [1.807, 2.05) is 6.92 Å². The van der Waals surface area contributed by atoms with Crippen molar-refractivity contribution in [2.75, 3.05) is 5.73 Å². The molecule has 1 unspecified atom stereocenters. The fraction of sp³-hybridized carbons (Fsp3) is 0.188. The van der Waals surface area contributed by atoms with Gasteiger partial charge in [0.2, 0.25) is 0 Å². The van der Waals surface area contributed by atoms with Crippen molar-refractivity contribution < 1.29 is 0 Å². The summed E-state index contributed by atoms with van der Waals surface area (Å²) >= 11 is 6.19. The summed E-state index contributed by atoms with van der Waals surface area (Å²) in [6.07, 6.45) is 2.16. The van der Waals surface area contributed by atoms with E-state index in [-0.39, 0.29) is 11.6 Å². The molecule has 1 atom stereocenters. The lowest BCUT2D eigenvalue weighted by Crippen LogP contribution is -2.28. The Balaban J connectivity index is 2.41. The highest BCUT2D eigenvalue weighted by atomic mass is 35.5. The maximum absolute atomic E-state index is 13.0. The number of halogens is 1. The average molecular weight is 330 g/mol. The number of benzene rings is 1. The molecule has 0 aliphatic heterocycles. The molecule has 0 radical (unpaired) electrons. The normalized spacial score (nSPS) is 12.5. The number of anilines is 1. The fourth-order valence-corrected chi connectivity index (χ4v) is 2.67. The number of hydrogen-bond acceptors (Lipinski definition) is 5. The first kappa shape index (κ1) is 15.5. The third-order valence-corrected chi connectivity index (χ3v) is 3.99. The molecule has 3 rings (SSSR count). The molecule has 0 amide bonds. The van der Waals surface area contributed by atoms with Gasteiger partial charge in [-0.2, -0.15) is 0 Å². The monoisotopic (exact) mass is 329 g/mol. The Labute approximate surface area is 137 Å². The van der Waals surface area contributed by atoms with Gasteiger partial charge in [-0.1, -0.05) is 24.6 Å². The van der Waals surface area contributed by atoms with Crippen molar-refractivity contribution in [3.63, 3.8) is 0 Å². The van der Waals surface area contributed by atoms with E-state index in [0.29, 0.717) is 39.7 Å². The predicted octanol–water partition coefficient (Wildman–Crippen LogP) is 2.43. The van der Waals surface area contributed by atoms with E-state index in [9.17, 15) is 4.79 Å². The number of nitrogen functional groups attached to an aromatic ring is 1. The van der Waals surface area contributed by atoms with Gasteiger partial charge in [0.1, 0.15) is 11.6 Å². The van der Waals surface area contributed by atoms with Crippen molar-refractivity contribution in [2.24, 2.45) is 5.73 Å². The topological polar surface area (TPSA) is 99.8 Å². The smallest absolute Gasteiger partial charge is 0.267 e. The van der Waals surface area contributed by atoms with Gasteiger partial charge in [0, 0.05) is 0 Å². The first-order valence-corrected chi connectivity index (χ1v) is 7.59. The Kier molecular flexibility index (Phi) is 4.02. The molecule has 0 aliphatic rings. The quantitative estimate of drug-likeness (QED) is 0.768. The number of aromatic nitrogens is 3. The first-order valence-electron chi connectivity index (χ1n) is 7.21. The molecule has 23 heavy (non-hydrogen) atoms. The second-order valence-electron chi connectivity index (χ2n) is 5.20. The highest BCUT2D eigenvalue weighted by Gasteiger charge is 2.18. The zero-order valence-electron chi connectivity index (χ0n) is 12.5. The van der Waals surface area contributed by atoms with E-state index in [2.05, 4.69) is 9.97 Å². The zero-order valence-corrected chi connectivity index (χ0v) is 13.3. The minimum absolute atomic E-state index is 0.272. The summed E-state index contributed by atoms with van der Waals surface area (Å²) in [6.45, 7) is 1.94. The van der Waals surface area contributed by atoms with Crippen molar-refractivity contribution in [1.82, 2.24) is 14.5 Å². The Morgan fingerprint density at radius 3 is 2.74 bits per heavy atom. The van der Waals surface area contributed by atoms with E-state index < -0.39 is 0 Å². The minimum Gasteiger partial charge on any atom is -0.384 e. The largest absolute Gasteiger partial charge is 0.384 e. The molecule has 4 N–H and O–H groups in total. The summed E-state index contributed by atoms with van der Waals surface area (Å²) in [6, 6.07) is 8.12. The highest BCUT2D eigenvalue weighted by Crippen LogP contribution is 2.23. The van der Waals surface area contributed by atoms with Gasteiger partial charge in [0.05, 0.1) is 33.9 Å². The minimum atomic E-state index is -0.386. The fourth-order valence-electron chi connectivity index (χ4n) is 2.42. The molecular formula is C16H16ClN5O. The molecule has 0 fully saturated rings. The second-order valence-corrected chi connectivity index (χ2v) is 5.61. The van der Waals surface area contributed by atoms with Gasteiger partial charge >= 0.3 is 0 Å². The number of nitrogens with zero attached hydrogens (tertiary/aromatic N) is 3. The molecule has 3 aromatic rings. The van der Waals surface area contributed by atoms with Crippen molar-refractivity contribution in [3.8, 4) is 5.69 Å². The van der Waals surface area contributed by atoms with Crippen LogP contribution in [0.4, 0.5) is 5.82 Å². The molecular weight excluding hydrogens is 314 g/mol. The molecule has 7 heteroatoms. The lowest BCUT2D eigenvalue weighted by molar-refractivity contribution is 0.622. The maximum atomic E-state index is 13.0. The van der Waals surface area contributed by atoms with E-state index in [0.717, 1.165) is 0 Å². The van der Waals surface area contributed by atoms with Crippen LogP contribution in [0.5, 0.6) is 0 Å². The Hall–Kier alpha value is -2.44. The van der Waals surface area contributed by atoms with Crippen molar-refractivity contribution in [1.29, 1.82) is 0 Å². The van der Waals surface area contributed by atoms with Crippen LogP contribution in [0.2, 0.25) is 5.02 Å². The number of hydrogen-bond donors (Lipinski definition) is 2. The predicted molar refractivity (Wildman–Crippen MR) is 91.8 cm³/mol. The lowest BCUT2D eigenvalue weighted by atomic mass is 10.1. The van der Waals surface area contributed by atoms with Crippen molar-refractivity contribution >= 4 is 28.3 Å². The molecule has 0 aliphatic carbocycles. The van der Waals surface area contributed by atoms with Gasteiger partial charge in [-0.25, -0.2) is 9.97 Å². The third-order valence-electron chi connectivity index (χ3n) is 3.67. The van der Waals surface area contributed by atoms with Crippen LogP contribution >= 0.6 is 11.6 Å². The van der Waals surface area contributed by atoms with E-state index in [1.54, 1.807) is 30.3 Å². The highest BCUT2D eigenvalue weighted by molar-refractivity contribution is 6.35. The summed E-state index contributed by atoms with van der Waals surface area (Å²) in [5.74, 6) is 0.841. The van der Waals surface area contributed by atoms with Crippen LogP contribution in [0, 0.1) is 0 Å². The van der Waals surface area contributed by atoms with Crippen LogP contribution in [-0.2, 0) is 0 Å². The zero-order chi connectivity index (χ0) is 16.6. The van der Waals surface area contributed by atoms with Crippen molar-refractivity contribution in [2.45, 2.75) is 19.4 Å². The summed E-state index contributed by atoms with van der Waals surface area (Å²) in [5, 5.41) is 0.715. The summed E-state index contributed by atoms with van der Waals surface area (Å²) in [4.78, 5) is 21.6. The summed E-state index contributed by atoms with van der Waals surface area (Å²) in [5.41, 5.74) is 12.6. The van der Waals surface area contributed by atoms with E-state index in [4.69, 9.17) is 23.1 Å². The Morgan fingerprint density at radius 1 is 1.30 bits per heavy atom. The van der Waals surface area contributed by atoms with Crippen LogP contribution in [0.15, 0.2) is 41.3 Å². The molecule has 1 aromatic carbocycles. The molecule has 0 saturated heterocycles. The van der Waals surface area contributed by atoms with Crippen LogP contribution in [0.3, 0.4) is 0 Å². The number of fused-ring (bicyclic) bond motifs is 1. The van der Waals surface area contributed by atoms with Crippen LogP contribution < -0.4 is 17.0 Å². The van der Waals surface area contributed by atoms with Gasteiger partial charge in [-0.3, -0.25) is 9.36 Å². The molecule has 0 bridgehead atoms. The van der Waals surface area contributed by atoms with Crippen LogP contribution in [0.1, 0.15) is 25.2 Å². The second kappa shape index (κ2) is 5.98. The number of pyridine rings is 1. The van der Waals surface area contributed by atoms with Crippen LogP contribution in [0.25, 0.3) is 16.6 Å². The molecule has 2 aromatic heterocycles. The van der Waals surface area contributed by atoms with Crippen LogP contribution in [-0.4, -0.2) is 14.5 Å². The van der Waals surface area contributed by atoms with Gasteiger partial charge in [-0.15, -0.1) is 0 Å². The number of rotatable bonds is 3. The van der Waals surface area contributed by atoms with Gasteiger partial charge in [0.15, 0.2) is 0 Å². The number of nitrogens with two attached hydrogens (primary N) is 2. The third kappa shape index (κ3) is 2.67. The Bertz CT molecular complexity index is 920. The van der Waals surface area contributed by atoms with Gasteiger partial charge in [0.25, 0.3) is 5.56 Å². The van der Waals surface area contributed by atoms with Crippen molar-refractivity contribution in [3.05, 3.63) is 57.7 Å².